The van der Waals surface area contributed by atoms with Crippen LogP contribution in [-0.4, -0.2) is 4.98 Å². The second-order valence-electron chi connectivity index (χ2n) is 4.50. The highest BCUT2D eigenvalue weighted by Gasteiger charge is 2.36. The highest BCUT2D eigenvalue weighted by atomic mass is 35.5. The molecule has 0 aliphatic carbocycles. The van der Waals surface area contributed by atoms with Crippen molar-refractivity contribution in [3.63, 3.8) is 0 Å². The molecule has 2 rings (SSSR count). The summed E-state index contributed by atoms with van der Waals surface area (Å²) in [6.45, 7) is 0. The van der Waals surface area contributed by atoms with Crippen LogP contribution in [-0.2, 0) is 6.18 Å². The molecular weight excluding hydrogens is 368 g/mol. The number of nitrogens with two attached hydrogens (primary N) is 1. The first kappa shape index (κ1) is 17.7. The number of rotatable bonds is 1. The van der Waals surface area contributed by atoms with Crippen molar-refractivity contribution < 1.29 is 13.2 Å². The topological polar surface area (TPSA) is 106 Å². The summed E-state index contributed by atoms with van der Waals surface area (Å²) in [6, 6.07) is 4.72. The molecule has 2 aromatic rings. The van der Waals surface area contributed by atoms with Crippen LogP contribution in [0.1, 0.15) is 16.7 Å². The lowest BCUT2D eigenvalue weighted by molar-refractivity contribution is -0.137. The Morgan fingerprint density at radius 3 is 2.17 bits per heavy atom. The van der Waals surface area contributed by atoms with E-state index in [4.69, 9.17) is 34.2 Å². The van der Waals surface area contributed by atoms with E-state index in [0.29, 0.717) is 6.07 Å². The first-order valence-electron chi connectivity index (χ1n) is 6.05. The van der Waals surface area contributed by atoms with Crippen LogP contribution < -0.4 is 11.3 Å². The molecule has 1 heterocycles. The molecule has 0 aliphatic rings. The smallest absolute Gasteiger partial charge is 0.384 e. The maximum atomic E-state index is 13.0. The number of hydrogen-bond acceptors (Lipinski definition) is 4. The van der Waals surface area contributed by atoms with Crippen LogP contribution in [0.5, 0.6) is 0 Å². The second-order valence-corrected chi connectivity index (χ2v) is 5.28. The fraction of sp³-hybridized carbons (Fsp3) is 0.0714. The largest absolute Gasteiger partial charge is 0.417 e. The highest BCUT2D eigenvalue weighted by Crippen LogP contribution is 2.45. The summed E-state index contributed by atoms with van der Waals surface area (Å²) < 4.78 is 39.1. The summed E-state index contributed by atoms with van der Waals surface area (Å²) in [4.78, 5) is 13.9. The van der Waals surface area contributed by atoms with Crippen molar-refractivity contribution >= 4 is 29.0 Å². The Morgan fingerprint density at radius 2 is 1.67 bits per heavy atom. The minimum atomic E-state index is -4.80. The number of aromatic amines is 1. The molecule has 0 spiro atoms. The van der Waals surface area contributed by atoms with Crippen LogP contribution in [0.3, 0.4) is 0 Å². The number of nitriles is 2. The van der Waals surface area contributed by atoms with Gasteiger partial charge in [-0.1, -0.05) is 23.2 Å². The molecule has 0 fully saturated rings. The minimum Gasteiger partial charge on any atom is -0.384 e. The van der Waals surface area contributed by atoms with E-state index in [1.807, 2.05) is 0 Å². The predicted octanol–water partition coefficient (Wildman–Crippen LogP) is 3.69. The molecule has 0 aliphatic heterocycles. The first-order valence-corrected chi connectivity index (χ1v) is 6.80. The number of halogens is 5. The zero-order valence-electron chi connectivity index (χ0n) is 11.4. The van der Waals surface area contributed by atoms with E-state index in [1.165, 1.54) is 6.07 Å². The maximum absolute atomic E-state index is 13.0. The molecular formula is C14H5Cl2F3N4O. The molecule has 1 aromatic heterocycles. The van der Waals surface area contributed by atoms with Crippen molar-refractivity contribution in [2.24, 2.45) is 0 Å². The van der Waals surface area contributed by atoms with Gasteiger partial charge in [0.15, 0.2) is 0 Å². The van der Waals surface area contributed by atoms with Gasteiger partial charge in [-0.2, -0.15) is 23.7 Å². The molecule has 0 saturated carbocycles. The number of aromatic nitrogens is 1. The van der Waals surface area contributed by atoms with Crippen LogP contribution in [0.2, 0.25) is 10.0 Å². The number of alkyl halides is 3. The third-order valence-electron chi connectivity index (χ3n) is 3.11. The standard InChI is InChI=1S/C14H5Cl2F3N4O/c15-8-2-1-7(14(17,18)19)11(16)10(8)9-5(3-20)12(22)23-13(24)6(9)4-21/h1-2H,(H3,22,23,24). The number of pyridine rings is 1. The molecule has 0 radical (unpaired) electrons. The first-order chi connectivity index (χ1) is 11.1. The van der Waals surface area contributed by atoms with Crippen molar-refractivity contribution in [3.8, 4) is 23.3 Å². The Labute approximate surface area is 142 Å². The van der Waals surface area contributed by atoms with Gasteiger partial charge in [-0.25, -0.2) is 0 Å². The monoisotopic (exact) mass is 372 g/mol. The van der Waals surface area contributed by atoms with E-state index in [-0.39, 0.29) is 5.02 Å². The van der Waals surface area contributed by atoms with Crippen molar-refractivity contribution in [2.45, 2.75) is 6.18 Å². The number of hydrogen-bond donors (Lipinski definition) is 2. The Bertz CT molecular complexity index is 984. The van der Waals surface area contributed by atoms with Gasteiger partial charge in [-0.15, -0.1) is 0 Å². The number of anilines is 1. The van der Waals surface area contributed by atoms with Crippen LogP contribution in [0.25, 0.3) is 11.1 Å². The summed E-state index contributed by atoms with van der Waals surface area (Å²) in [5.74, 6) is -0.416. The molecule has 5 nitrogen and oxygen atoms in total. The van der Waals surface area contributed by atoms with Crippen LogP contribution >= 0.6 is 23.2 Å². The van der Waals surface area contributed by atoms with Gasteiger partial charge in [0.05, 0.1) is 15.6 Å². The van der Waals surface area contributed by atoms with E-state index in [0.717, 1.165) is 6.07 Å². The second kappa shape index (κ2) is 6.08. The number of nitrogens with zero attached hydrogens (tertiary/aromatic N) is 2. The van der Waals surface area contributed by atoms with Gasteiger partial charge in [-0.05, 0) is 12.1 Å². The highest BCUT2D eigenvalue weighted by molar-refractivity contribution is 6.40. The molecule has 122 valence electrons. The Morgan fingerprint density at radius 1 is 1.08 bits per heavy atom. The number of benzene rings is 1. The molecule has 3 N–H and O–H groups in total. The lowest BCUT2D eigenvalue weighted by Crippen LogP contribution is -2.17. The fourth-order valence-electron chi connectivity index (χ4n) is 2.09. The summed E-state index contributed by atoms with van der Waals surface area (Å²) in [7, 11) is 0. The van der Waals surface area contributed by atoms with Gasteiger partial charge in [0.25, 0.3) is 5.56 Å². The normalized spacial score (nSPS) is 11.0. The summed E-state index contributed by atoms with van der Waals surface area (Å²) in [5, 5.41) is 17.3. The number of nitrogens with one attached hydrogen (secondary N) is 1. The Balaban J connectivity index is 3.07. The van der Waals surface area contributed by atoms with Gasteiger partial charge in [0.2, 0.25) is 0 Å². The molecule has 0 saturated heterocycles. The van der Waals surface area contributed by atoms with Gasteiger partial charge < -0.3 is 10.7 Å². The summed E-state index contributed by atoms with van der Waals surface area (Å²) in [5.41, 5.74) is 1.39. The predicted molar refractivity (Wildman–Crippen MR) is 81.4 cm³/mol. The van der Waals surface area contributed by atoms with Crippen molar-refractivity contribution in [1.29, 1.82) is 10.5 Å². The fourth-order valence-corrected chi connectivity index (χ4v) is 2.76. The molecule has 0 atom stereocenters. The maximum Gasteiger partial charge on any atom is 0.417 e. The third-order valence-corrected chi connectivity index (χ3v) is 3.82. The van der Waals surface area contributed by atoms with Crippen LogP contribution in [0.15, 0.2) is 16.9 Å². The van der Waals surface area contributed by atoms with E-state index >= 15 is 0 Å². The zero-order chi connectivity index (χ0) is 18.2. The average molecular weight is 373 g/mol. The van der Waals surface area contributed by atoms with Crippen LogP contribution in [0.4, 0.5) is 19.0 Å². The average Bonchev–Trinajstić information content (AvgIpc) is 2.46. The molecule has 1 aromatic carbocycles. The van der Waals surface area contributed by atoms with E-state index in [1.54, 1.807) is 6.07 Å². The number of H-pyrrole nitrogens is 1. The van der Waals surface area contributed by atoms with E-state index in [2.05, 4.69) is 4.98 Å². The third kappa shape index (κ3) is 2.78. The molecule has 0 bridgehead atoms. The quantitative estimate of drug-likeness (QED) is 0.795. The van der Waals surface area contributed by atoms with Gasteiger partial charge in [0.1, 0.15) is 29.1 Å². The zero-order valence-corrected chi connectivity index (χ0v) is 12.9. The van der Waals surface area contributed by atoms with Crippen molar-refractivity contribution in [1.82, 2.24) is 4.98 Å². The SMILES string of the molecule is N#Cc1c(N)[nH]c(=O)c(C#N)c1-c1c(Cl)ccc(C(F)(F)F)c1Cl. The number of nitrogen functional groups attached to an aromatic ring is 1. The molecule has 0 amide bonds. The van der Waals surface area contributed by atoms with Crippen molar-refractivity contribution in [2.75, 3.05) is 5.73 Å². The van der Waals surface area contributed by atoms with Crippen LogP contribution in [0, 0.1) is 22.7 Å². The van der Waals surface area contributed by atoms with Gasteiger partial charge in [-0.3, -0.25) is 4.79 Å². The lowest BCUT2D eigenvalue weighted by Gasteiger charge is -2.16. The van der Waals surface area contributed by atoms with Gasteiger partial charge in [0, 0.05) is 11.1 Å². The summed E-state index contributed by atoms with van der Waals surface area (Å²) in [6.07, 6.45) is -4.80. The molecule has 10 heteroatoms. The lowest BCUT2D eigenvalue weighted by atomic mass is 9.95. The van der Waals surface area contributed by atoms with Crippen molar-refractivity contribution in [3.05, 3.63) is 49.2 Å². The Kier molecular flexibility index (Phi) is 4.48. The molecule has 24 heavy (non-hydrogen) atoms. The summed E-state index contributed by atoms with van der Waals surface area (Å²) >= 11 is 11.7. The van der Waals surface area contributed by atoms with E-state index in [9.17, 15) is 23.2 Å². The van der Waals surface area contributed by atoms with E-state index < -0.39 is 50.4 Å². The Hall–Kier alpha value is -2.68. The van der Waals surface area contributed by atoms with Gasteiger partial charge >= 0.3 is 6.18 Å². The minimum absolute atomic E-state index is 0.272. The molecule has 0 unspecified atom stereocenters.